The Bertz CT molecular complexity index is 1940. The number of aromatic nitrogens is 1. The van der Waals surface area contributed by atoms with Gasteiger partial charge in [0.05, 0.1) is 11.0 Å². The molecule has 0 amide bonds. The second kappa shape index (κ2) is 8.78. The largest absolute Gasteiger partial charge is 0.376 e. The molecule has 0 spiro atoms. The molecule has 0 radical (unpaired) electrons. The van der Waals surface area contributed by atoms with Gasteiger partial charge in [-0.25, -0.2) is 0 Å². The predicted octanol–water partition coefficient (Wildman–Crippen LogP) is 7.71. The summed E-state index contributed by atoms with van der Waals surface area (Å²) in [6.07, 6.45) is 0. The molecule has 0 fully saturated rings. The molecular weight excluding hydrogens is 471 g/mol. The highest BCUT2D eigenvalue weighted by Crippen LogP contribution is 2.40. The molecule has 0 bridgehead atoms. The summed E-state index contributed by atoms with van der Waals surface area (Å²) in [7, 11) is 0. The fraction of sp³-hybridized carbons (Fsp3) is 0. The lowest BCUT2D eigenvalue weighted by molar-refractivity contribution is 1.17. The van der Waals surface area contributed by atoms with E-state index < -0.39 is 0 Å². The lowest BCUT2D eigenvalue weighted by Crippen LogP contribution is -2.57. The predicted molar refractivity (Wildman–Crippen MR) is 166 cm³/mol. The standard InChI is InChI=1S/C36H25BN2/c1-2-13-26(14-3-1)37-33-21-8-4-17-29(33)30-18-7-11-24-36(30)39(37)28-16-12-15-27(25-28)38-34-22-9-5-19-31(34)32-20-6-10-23-35(32)38/h1-25H. The van der Waals surface area contributed by atoms with Crippen molar-refractivity contribution in [3.05, 3.63) is 152 Å². The van der Waals surface area contributed by atoms with E-state index in [1.165, 1.54) is 55.2 Å². The van der Waals surface area contributed by atoms with Crippen LogP contribution in [0.15, 0.2) is 152 Å². The van der Waals surface area contributed by atoms with Crippen molar-refractivity contribution in [3.63, 3.8) is 0 Å². The summed E-state index contributed by atoms with van der Waals surface area (Å²) in [4.78, 5) is 2.52. The molecule has 1 aliphatic heterocycles. The summed E-state index contributed by atoms with van der Waals surface area (Å²) in [6, 6.07) is 55.0. The first-order valence-corrected chi connectivity index (χ1v) is 13.5. The van der Waals surface area contributed by atoms with E-state index in [0.29, 0.717) is 0 Å². The molecule has 0 aliphatic carbocycles. The Kier molecular flexibility index (Phi) is 4.96. The molecule has 39 heavy (non-hydrogen) atoms. The van der Waals surface area contributed by atoms with Crippen molar-refractivity contribution >= 4 is 51.0 Å². The zero-order valence-electron chi connectivity index (χ0n) is 21.4. The number of hydrogen-bond acceptors (Lipinski definition) is 1. The molecule has 182 valence electrons. The van der Waals surface area contributed by atoms with E-state index in [1.807, 2.05) is 0 Å². The van der Waals surface area contributed by atoms with Crippen LogP contribution in [0.4, 0.5) is 11.4 Å². The fourth-order valence-electron chi connectivity index (χ4n) is 6.41. The van der Waals surface area contributed by atoms with Crippen LogP contribution in [0, 0.1) is 0 Å². The zero-order valence-corrected chi connectivity index (χ0v) is 21.4. The van der Waals surface area contributed by atoms with Gasteiger partial charge in [-0.15, -0.1) is 0 Å². The van der Waals surface area contributed by atoms with Crippen molar-refractivity contribution in [3.8, 4) is 16.8 Å². The SMILES string of the molecule is c1ccc(B2c3ccccc3-c3ccccc3N2c2cccc(-n3c4ccccc4c4ccccc43)c2)cc1. The number of benzene rings is 6. The number of rotatable bonds is 3. The average molecular weight is 496 g/mol. The van der Waals surface area contributed by atoms with E-state index in [2.05, 4.69) is 161 Å². The Morgan fingerprint density at radius 2 is 1.03 bits per heavy atom. The van der Waals surface area contributed by atoms with Crippen LogP contribution in [0.1, 0.15) is 0 Å². The molecule has 3 heteroatoms. The second-order valence-electron chi connectivity index (χ2n) is 10.2. The maximum atomic E-state index is 2.52. The molecule has 0 saturated heterocycles. The monoisotopic (exact) mass is 496 g/mol. The third kappa shape index (κ3) is 3.37. The molecule has 0 atom stereocenters. The van der Waals surface area contributed by atoms with Crippen molar-refractivity contribution in [2.45, 2.75) is 0 Å². The number of anilines is 2. The van der Waals surface area contributed by atoms with E-state index in [0.717, 1.165) is 5.69 Å². The van der Waals surface area contributed by atoms with Gasteiger partial charge in [0.25, 0.3) is 0 Å². The molecular formula is C36H25BN2. The van der Waals surface area contributed by atoms with Crippen LogP contribution in [0.2, 0.25) is 0 Å². The average Bonchev–Trinajstić information content (AvgIpc) is 3.35. The Hall–Kier alpha value is -5.02. The van der Waals surface area contributed by atoms with Gasteiger partial charge in [0, 0.05) is 33.4 Å². The minimum absolute atomic E-state index is 0.0608. The van der Waals surface area contributed by atoms with Crippen molar-refractivity contribution < 1.29 is 0 Å². The maximum Gasteiger partial charge on any atom is 0.328 e. The van der Waals surface area contributed by atoms with Crippen LogP contribution in [0.3, 0.4) is 0 Å². The highest BCUT2D eigenvalue weighted by molar-refractivity contribution is 6.90. The quantitative estimate of drug-likeness (QED) is 0.228. The van der Waals surface area contributed by atoms with Crippen LogP contribution in [0.5, 0.6) is 0 Å². The van der Waals surface area contributed by atoms with Gasteiger partial charge in [0.2, 0.25) is 0 Å². The summed E-state index contributed by atoms with van der Waals surface area (Å²) in [5, 5.41) is 2.55. The van der Waals surface area contributed by atoms with E-state index in [-0.39, 0.29) is 6.85 Å². The lowest BCUT2D eigenvalue weighted by atomic mass is 9.46. The van der Waals surface area contributed by atoms with Crippen molar-refractivity contribution in [2.75, 3.05) is 4.81 Å². The van der Waals surface area contributed by atoms with Gasteiger partial charge in [-0.3, -0.25) is 0 Å². The number of nitrogens with zero attached hydrogens (tertiary/aromatic N) is 2. The van der Waals surface area contributed by atoms with E-state index in [4.69, 9.17) is 0 Å². The summed E-state index contributed by atoms with van der Waals surface area (Å²) in [6.45, 7) is 0.0608. The fourth-order valence-corrected chi connectivity index (χ4v) is 6.41. The highest BCUT2D eigenvalue weighted by atomic mass is 15.1. The van der Waals surface area contributed by atoms with Gasteiger partial charge < -0.3 is 9.38 Å². The Balaban J connectivity index is 1.39. The normalized spacial score (nSPS) is 12.5. The van der Waals surface area contributed by atoms with Crippen LogP contribution in [0.25, 0.3) is 38.6 Å². The summed E-state index contributed by atoms with van der Waals surface area (Å²) < 4.78 is 2.40. The van der Waals surface area contributed by atoms with Gasteiger partial charge >= 0.3 is 6.85 Å². The molecule has 1 aliphatic rings. The van der Waals surface area contributed by atoms with Crippen molar-refractivity contribution in [1.29, 1.82) is 0 Å². The molecule has 2 nitrogen and oxygen atoms in total. The molecule has 8 rings (SSSR count). The van der Waals surface area contributed by atoms with Crippen LogP contribution >= 0.6 is 0 Å². The van der Waals surface area contributed by atoms with E-state index in [9.17, 15) is 0 Å². The van der Waals surface area contributed by atoms with Crippen LogP contribution < -0.4 is 15.7 Å². The molecule has 2 heterocycles. The first kappa shape index (κ1) is 22.0. The molecule has 0 saturated carbocycles. The van der Waals surface area contributed by atoms with Crippen LogP contribution in [-0.4, -0.2) is 11.4 Å². The number of para-hydroxylation sites is 3. The summed E-state index contributed by atoms with van der Waals surface area (Å²) >= 11 is 0. The number of hydrogen-bond donors (Lipinski definition) is 0. The highest BCUT2D eigenvalue weighted by Gasteiger charge is 2.36. The first-order chi connectivity index (χ1) is 19.4. The summed E-state index contributed by atoms with van der Waals surface area (Å²) in [5.41, 5.74) is 11.2. The first-order valence-electron chi connectivity index (χ1n) is 13.5. The zero-order chi connectivity index (χ0) is 25.8. The van der Waals surface area contributed by atoms with Crippen LogP contribution in [-0.2, 0) is 0 Å². The molecule has 1 aromatic heterocycles. The minimum Gasteiger partial charge on any atom is -0.376 e. The van der Waals surface area contributed by atoms with Gasteiger partial charge in [-0.1, -0.05) is 121 Å². The summed E-state index contributed by atoms with van der Waals surface area (Å²) in [5.74, 6) is 0. The molecule has 0 unspecified atom stereocenters. The minimum atomic E-state index is 0.0608. The van der Waals surface area contributed by atoms with E-state index in [1.54, 1.807) is 0 Å². The molecule has 0 N–H and O–H groups in total. The van der Waals surface area contributed by atoms with Gasteiger partial charge in [0.1, 0.15) is 0 Å². The van der Waals surface area contributed by atoms with Gasteiger partial charge in [0.15, 0.2) is 0 Å². The van der Waals surface area contributed by atoms with Gasteiger partial charge in [-0.2, -0.15) is 0 Å². The van der Waals surface area contributed by atoms with Crippen molar-refractivity contribution in [1.82, 2.24) is 4.57 Å². The Morgan fingerprint density at radius 3 is 1.79 bits per heavy atom. The molecule has 6 aromatic carbocycles. The topological polar surface area (TPSA) is 8.17 Å². The smallest absolute Gasteiger partial charge is 0.328 e. The Labute approximate surface area is 228 Å². The third-order valence-electron chi connectivity index (χ3n) is 8.03. The van der Waals surface area contributed by atoms with Crippen molar-refractivity contribution in [2.24, 2.45) is 0 Å². The third-order valence-corrected chi connectivity index (χ3v) is 8.03. The van der Waals surface area contributed by atoms with E-state index >= 15 is 0 Å². The number of fused-ring (bicyclic) bond motifs is 6. The maximum absolute atomic E-state index is 2.52. The molecule has 7 aromatic rings. The Morgan fingerprint density at radius 1 is 0.436 bits per heavy atom. The van der Waals surface area contributed by atoms with Gasteiger partial charge in [-0.05, 0) is 47.4 Å². The lowest BCUT2D eigenvalue weighted by Gasteiger charge is -2.39. The second-order valence-corrected chi connectivity index (χ2v) is 10.2.